The standard InChI is InChI=1S/C9H6ClN3O7/c10-3-8(14)11-5-1-4(9(15)16)6(12(17)18)2-7(5)13(19)20/h1-2H,3H2,(H,11,14)(H,15,16). The number of nitrogens with zero attached hydrogens (tertiary/aromatic N) is 2. The summed E-state index contributed by atoms with van der Waals surface area (Å²) in [6, 6.07) is 1.11. The monoisotopic (exact) mass is 303 g/mol. The first-order valence-corrected chi connectivity index (χ1v) is 5.37. The van der Waals surface area contributed by atoms with Gasteiger partial charge in [-0.3, -0.25) is 25.0 Å². The van der Waals surface area contributed by atoms with Gasteiger partial charge in [-0.15, -0.1) is 11.6 Å². The van der Waals surface area contributed by atoms with Gasteiger partial charge in [-0.2, -0.15) is 0 Å². The van der Waals surface area contributed by atoms with Crippen molar-refractivity contribution in [3.63, 3.8) is 0 Å². The van der Waals surface area contributed by atoms with Crippen molar-refractivity contribution in [1.29, 1.82) is 0 Å². The summed E-state index contributed by atoms with van der Waals surface area (Å²) in [5, 5.41) is 32.4. The zero-order chi connectivity index (χ0) is 15.4. The van der Waals surface area contributed by atoms with Crippen molar-refractivity contribution in [1.82, 2.24) is 0 Å². The number of amides is 1. The van der Waals surface area contributed by atoms with Gasteiger partial charge in [0.05, 0.1) is 15.9 Å². The Kier molecular flexibility index (Phi) is 4.54. The molecule has 0 saturated heterocycles. The molecule has 0 saturated carbocycles. The number of nitro groups is 2. The molecule has 20 heavy (non-hydrogen) atoms. The SMILES string of the molecule is O=C(CCl)Nc1cc(C(=O)O)c([N+](=O)[O-])cc1[N+](=O)[O-]. The molecule has 0 bridgehead atoms. The highest BCUT2D eigenvalue weighted by atomic mass is 35.5. The van der Waals surface area contributed by atoms with Crippen molar-refractivity contribution in [2.24, 2.45) is 0 Å². The van der Waals surface area contributed by atoms with Crippen LogP contribution in [0.3, 0.4) is 0 Å². The van der Waals surface area contributed by atoms with E-state index in [1.165, 1.54) is 0 Å². The van der Waals surface area contributed by atoms with Crippen LogP contribution in [-0.4, -0.2) is 32.7 Å². The number of hydrogen-bond acceptors (Lipinski definition) is 6. The van der Waals surface area contributed by atoms with Crippen molar-refractivity contribution < 1.29 is 24.5 Å². The molecule has 0 aliphatic rings. The van der Waals surface area contributed by atoms with Gasteiger partial charge in [0.2, 0.25) is 5.91 Å². The Morgan fingerprint density at radius 3 is 2.15 bits per heavy atom. The number of aromatic carboxylic acids is 1. The molecule has 1 aromatic rings. The average molecular weight is 304 g/mol. The van der Waals surface area contributed by atoms with Crippen LogP contribution in [0.15, 0.2) is 12.1 Å². The molecule has 10 nitrogen and oxygen atoms in total. The number of hydrogen-bond donors (Lipinski definition) is 2. The van der Waals surface area contributed by atoms with Crippen LogP contribution in [0.2, 0.25) is 0 Å². The van der Waals surface area contributed by atoms with Crippen LogP contribution in [0.4, 0.5) is 17.1 Å². The molecule has 0 radical (unpaired) electrons. The maximum Gasteiger partial charge on any atom is 0.342 e. The third-order valence-corrected chi connectivity index (χ3v) is 2.38. The van der Waals surface area contributed by atoms with Gasteiger partial charge in [-0.1, -0.05) is 0 Å². The van der Waals surface area contributed by atoms with Gasteiger partial charge in [0.15, 0.2) is 0 Å². The van der Waals surface area contributed by atoms with Gasteiger partial charge in [-0.05, 0) is 6.07 Å². The molecule has 1 amide bonds. The Morgan fingerprint density at radius 2 is 1.75 bits per heavy atom. The lowest BCUT2D eigenvalue weighted by atomic mass is 10.1. The Balaban J connectivity index is 3.53. The Bertz CT molecular complexity index is 616. The van der Waals surface area contributed by atoms with Crippen LogP contribution in [0, 0.1) is 20.2 Å². The van der Waals surface area contributed by atoms with Gasteiger partial charge in [0.25, 0.3) is 11.4 Å². The molecule has 0 aliphatic carbocycles. The molecule has 1 rings (SSSR count). The summed E-state index contributed by atoms with van der Waals surface area (Å²) in [6.07, 6.45) is 0. The Labute approximate surface area is 115 Å². The lowest BCUT2D eigenvalue weighted by molar-refractivity contribution is -0.393. The normalized spacial score (nSPS) is 9.85. The number of halogens is 1. The van der Waals surface area contributed by atoms with E-state index in [1.807, 2.05) is 5.32 Å². The second-order valence-corrected chi connectivity index (χ2v) is 3.65. The zero-order valence-corrected chi connectivity index (χ0v) is 10.3. The smallest absolute Gasteiger partial charge is 0.342 e. The topological polar surface area (TPSA) is 153 Å². The van der Waals surface area contributed by atoms with Crippen molar-refractivity contribution in [3.8, 4) is 0 Å². The highest BCUT2D eigenvalue weighted by Gasteiger charge is 2.28. The van der Waals surface area contributed by atoms with Gasteiger partial charge >= 0.3 is 5.97 Å². The van der Waals surface area contributed by atoms with Gasteiger partial charge in [0.1, 0.15) is 17.1 Å². The molecule has 1 aromatic carbocycles. The number of carbonyl (C=O) groups excluding carboxylic acids is 1. The number of carboxylic acid groups (broad SMARTS) is 1. The van der Waals surface area contributed by atoms with Crippen LogP contribution in [0.1, 0.15) is 10.4 Å². The molecule has 0 atom stereocenters. The number of benzene rings is 1. The van der Waals surface area contributed by atoms with E-state index < -0.39 is 50.2 Å². The second kappa shape index (κ2) is 5.93. The number of nitrogens with one attached hydrogen (secondary N) is 1. The summed E-state index contributed by atoms with van der Waals surface area (Å²) in [4.78, 5) is 41.5. The molecule has 11 heteroatoms. The van der Waals surface area contributed by atoms with Crippen molar-refractivity contribution >= 4 is 40.5 Å². The van der Waals surface area contributed by atoms with Crippen LogP contribution in [0.25, 0.3) is 0 Å². The van der Waals surface area contributed by atoms with Crippen LogP contribution in [0.5, 0.6) is 0 Å². The molecule has 106 valence electrons. The minimum absolute atomic E-state index is 0.466. The highest BCUT2D eigenvalue weighted by Crippen LogP contribution is 2.32. The summed E-state index contributed by atoms with van der Waals surface area (Å²) in [6.45, 7) is 0. The number of carboxylic acids is 1. The van der Waals surface area contributed by atoms with E-state index in [-0.39, 0.29) is 0 Å². The maximum atomic E-state index is 11.1. The second-order valence-electron chi connectivity index (χ2n) is 3.39. The first-order chi connectivity index (χ1) is 9.27. The van der Waals surface area contributed by atoms with Crippen LogP contribution in [-0.2, 0) is 4.79 Å². The number of anilines is 1. The highest BCUT2D eigenvalue weighted by molar-refractivity contribution is 6.29. The van der Waals surface area contributed by atoms with E-state index in [4.69, 9.17) is 16.7 Å². The van der Waals surface area contributed by atoms with E-state index in [0.717, 1.165) is 0 Å². The molecule has 0 aliphatic heterocycles. The molecule has 0 fully saturated rings. The fraction of sp³-hybridized carbons (Fsp3) is 0.111. The molecule has 2 N–H and O–H groups in total. The molecule has 0 spiro atoms. The Hall–Kier alpha value is -2.75. The predicted molar refractivity (Wildman–Crippen MR) is 66.1 cm³/mol. The van der Waals surface area contributed by atoms with Gasteiger partial charge in [-0.25, -0.2) is 4.79 Å². The first-order valence-electron chi connectivity index (χ1n) is 4.83. The summed E-state index contributed by atoms with van der Waals surface area (Å²) in [5.41, 5.74) is -3.03. The lowest BCUT2D eigenvalue weighted by Gasteiger charge is -2.06. The fourth-order valence-corrected chi connectivity index (χ4v) is 1.40. The minimum atomic E-state index is -1.66. The van der Waals surface area contributed by atoms with E-state index in [0.29, 0.717) is 12.1 Å². The van der Waals surface area contributed by atoms with Crippen LogP contribution < -0.4 is 5.32 Å². The fourth-order valence-electron chi connectivity index (χ4n) is 1.33. The third-order valence-electron chi connectivity index (χ3n) is 2.13. The minimum Gasteiger partial charge on any atom is -0.477 e. The largest absolute Gasteiger partial charge is 0.477 e. The molecule has 0 unspecified atom stereocenters. The molecular weight excluding hydrogens is 298 g/mol. The number of nitro benzene ring substituents is 2. The van der Waals surface area contributed by atoms with E-state index in [9.17, 15) is 29.8 Å². The number of alkyl halides is 1. The summed E-state index contributed by atoms with van der Waals surface area (Å²) in [5.74, 6) is -3.00. The van der Waals surface area contributed by atoms with Crippen molar-refractivity contribution in [2.75, 3.05) is 11.2 Å². The average Bonchev–Trinajstić information content (AvgIpc) is 2.37. The number of carbonyl (C=O) groups is 2. The predicted octanol–water partition coefficient (Wildman–Crippen LogP) is 1.38. The van der Waals surface area contributed by atoms with Crippen molar-refractivity contribution in [3.05, 3.63) is 37.9 Å². The summed E-state index contributed by atoms with van der Waals surface area (Å²) < 4.78 is 0. The van der Waals surface area contributed by atoms with E-state index in [1.54, 1.807) is 0 Å². The molecule has 0 heterocycles. The molecule has 0 aromatic heterocycles. The molecular formula is C9H6ClN3O7. The first kappa shape index (κ1) is 15.3. The van der Waals surface area contributed by atoms with Gasteiger partial charge < -0.3 is 10.4 Å². The quantitative estimate of drug-likeness (QED) is 0.473. The van der Waals surface area contributed by atoms with E-state index in [2.05, 4.69) is 0 Å². The maximum absolute atomic E-state index is 11.1. The summed E-state index contributed by atoms with van der Waals surface area (Å²) >= 11 is 5.21. The Morgan fingerprint density at radius 1 is 1.20 bits per heavy atom. The number of rotatable bonds is 5. The lowest BCUT2D eigenvalue weighted by Crippen LogP contribution is -2.15. The van der Waals surface area contributed by atoms with Gasteiger partial charge in [0, 0.05) is 0 Å². The zero-order valence-electron chi connectivity index (χ0n) is 9.53. The third kappa shape index (κ3) is 3.17. The van der Waals surface area contributed by atoms with Crippen LogP contribution >= 0.6 is 11.6 Å². The summed E-state index contributed by atoms with van der Waals surface area (Å²) in [7, 11) is 0. The van der Waals surface area contributed by atoms with Crippen molar-refractivity contribution in [2.45, 2.75) is 0 Å². The van der Waals surface area contributed by atoms with E-state index >= 15 is 0 Å².